The molecule has 0 aliphatic rings. The van der Waals surface area contributed by atoms with Gasteiger partial charge < -0.3 is 16.4 Å². The Morgan fingerprint density at radius 3 is 2.30 bits per heavy atom. The van der Waals surface area contributed by atoms with Crippen molar-refractivity contribution in [2.24, 2.45) is 11.7 Å². The third-order valence-electron chi connectivity index (χ3n) is 3.26. The maximum Gasteiger partial charge on any atom is 0.239 e. The van der Waals surface area contributed by atoms with Crippen LogP contribution in [0.5, 0.6) is 0 Å². The van der Waals surface area contributed by atoms with Crippen LogP contribution in [-0.2, 0) is 19.2 Å². The number of ketones is 1. The Hall–Kier alpha value is -1.57. The van der Waals surface area contributed by atoms with Crippen LogP contribution in [0.3, 0.4) is 0 Å². The summed E-state index contributed by atoms with van der Waals surface area (Å²) >= 11 is 1.44. The predicted octanol–water partition coefficient (Wildman–Crippen LogP) is 0.221. The van der Waals surface area contributed by atoms with E-state index in [0.29, 0.717) is 37.3 Å². The molecule has 132 valence electrons. The molecule has 0 bridgehead atoms. The van der Waals surface area contributed by atoms with E-state index in [0.717, 1.165) is 0 Å². The fourth-order valence-electron chi connectivity index (χ4n) is 1.73. The molecule has 0 heterocycles. The molecule has 3 amide bonds. The summed E-state index contributed by atoms with van der Waals surface area (Å²) in [7, 11) is 0. The van der Waals surface area contributed by atoms with Gasteiger partial charge in [-0.25, -0.2) is 0 Å². The van der Waals surface area contributed by atoms with Gasteiger partial charge in [-0.15, -0.1) is 0 Å². The van der Waals surface area contributed by atoms with Crippen LogP contribution >= 0.6 is 11.8 Å². The number of nitrogens with one attached hydrogen (secondary N) is 2. The van der Waals surface area contributed by atoms with Crippen molar-refractivity contribution in [3.8, 4) is 0 Å². The summed E-state index contributed by atoms with van der Waals surface area (Å²) in [5.74, 6) is 0.138. The third kappa shape index (κ3) is 11.6. The maximum atomic E-state index is 11.6. The van der Waals surface area contributed by atoms with Gasteiger partial charge in [0, 0.05) is 25.1 Å². The van der Waals surface area contributed by atoms with Gasteiger partial charge in [0.15, 0.2) is 0 Å². The highest BCUT2D eigenvalue weighted by atomic mass is 32.2. The molecule has 0 aliphatic carbocycles. The molecule has 0 aromatic carbocycles. The monoisotopic (exact) mass is 345 g/mol. The van der Waals surface area contributed by atoms with Crippen LogP contribution < -0.4 is 16.4 Å². The molecule has 0 saturated heterocycles. The summed E-state index contributed by atoms with van der Waals surface area (Å²) in [6.07, 6.45) is 1.82. The Labute approximate surface area is 141 Å². The average Bonchev–Trinajstić information content (AvgIpc) is 2.44. The molecular formula is C15H27N3O4S. The lowest BCUT2D eigenvalue weighted by Gasteiger charge is -2.14. The molecule has 0 saturated carbocycles. The number of thioether (sulfide) groups is 1. The third-order valence-corrected chi connectivity index (χ3v) is 4.46. The van der Waals surface area contributed by atoms with Gasteiger partial charge in [0.1, 0.15) is 11.8 Å². The second-order valence-electron chi connectivity index (χ2n) is 5.53. The van der Waals surface area contributed by atoms with Gasteiger partial charge in [0.25, 0.3) is 0 Å². The number of hydrogen-bond donors (Lipinski definition) is 3. The van der Waals surface area contributed by atoms with E-state index in [4.69, 9.17) is 5.73 Å². The van der Waals surface area contributed by atoms with Gasteiger partial charge >= 0.3 is 0 Å². The van der Waals surface area contributed by atoms with E-state index in [9.17, 15) is 19.2 Å². The van der Waals surface area contributed by atoms with Crippen LogP contribution in [0.15, 0.2) is 0 Å². The van der Waals surface area contributed by atoms with E-state index in [-0.39, 0.29) is 23.5 Å². The minimum absolute atomic E-state index is 0.0349. The lowest BCUT2D eigenvalue weighted by molar-refractivity contribution is -0.126. The van der Waals surface area contributed by atoms with Gasteiger partial charge in [-0.1, -0.05) is 6.92 Å². The molecule has 0 fully saturated rings. The van der Waals surface area contributed by atoms with Crippen molar-refractivity contribution in [1.29, 1.82) is 0 Å². The fraction of sp³-hybridized carbons (Fsp3) is 0.733. The van der Waals surface area contributed by atoms with Crippen LogP contribution in [0.25, 0.3) is 0 Å². The molecule has 8 heteroatoms. The molecule has 0 spiro atoms. The quantitative estimate of drug-likeness (QED) is 0.437. The van der Waals surface area contributed by atoms with Crippen molar-refractivity contribution in [2.45, 2.75) is 46.1 Å². The predicted molar refractivity (Wildman–Crippen MR) is 90.8 cm³/mol. The molecule has 4 N–H and O–H groups in total. The molecule has 23 heavy (non-hydrogen) atoms. The van der Waals surface area contributed by atoms with Crippen molar-refractivity contribution < 1.29 is 19.2 Å². The van der Waals surface area contributed by atoms with Crippen molar-refractivity contribution >= 4 is 35.3 Å². The second kappa shape index (κ2) is 11.9. The van der Waals surface area contributed by atoms with E-state index in [1.807, 2.05) is 6.92 Å². The minimum atomic E-state index is -0.660. The summed E-state index contributed by atoms with van der Waals surface area (Å²) in [6, 6.07) is -0.660. The van der Waals surface area contributed by atoms with Gasteiger partial charge in [0.05, 0.1) is 5.75 Å². The minimum Gasteiger partial charge on any atom is -0.368 e. The molecule has 0 aromatic heterocycles. The smallest absolute Gasteiger partial charge is 0.239 e. The highest BCUT2D eigenvalue weighted by Gasteiger charge is 2.15. The summed E-state index contributed by atoms with van der Waals surface area (Å²) in [4.78, 5) is 44.7. The van der Waals surface area contributed by atoms with E-state index in [1.54, 1.807) is 6.92 Å². The number of hydrogen-bond acceptors (Lipinski definition) is 5. The second-order valence-corrected chi connectivity index (χ2v) is 6.56. The Morgan fingerprint density at radius 2 is 1.78 bits per heavy atom. The SMILES string of the molecule is CC(=O)NC(CCCCNC(=O)CSC[C@@H](C)C(C)=O)C(N)=O. The van der Waals surface area contributed by atoms with Crippen LogP contribution in [0.4, 0.5) is 0 Å². The van der Waals surface area contributed by atoms with E-state index < -0.39 is 11.9 Å². The average molecular weight is 345 g/mol. The molecule has 7 nitrogen and oxygen atoms in total. The first-order valence-corrected chi connectivity index (χ1v) is 8.80. The van der Waals surface area contributed by atoms with Crippen molar-refractivity contribution in [3.05, 3.63) is 0 Å². The zero-order valence-corrected chi connectivity index (χ0v) is 14.8. The summed E-state index contributed by atoms with van der Waals surface area (Å²) in [5.41, 5.74) is 5.20. The van der Waals surface area contributed by atoms with Crippen molar-refractivity contribution in [3.63, 3.8) is 0 Å². The number of amides is 3. The normalized spacial score (nSPS) is 13.0. The Kier molecular flexibility index (Phi) is 11.1. The topological polar surface area (TPSA) is 118 Å². The van der Waals surface area contributed by atoms with Gasteiger partial charge in [-0.3, -0.25) is 19.2 Å². The number of primary amides is 1. The summed E-state index contributed by atoms with van der Waals surface area (Å²) in [6.45, 7) is 5.23. The van der Waals surface area contributed by atoms with Crippen molar-refractivity contribution in [1.82, 2.24) is 10.6 Å². The first-order chi connectivity index (χ1) is 10.7. The lowest BCUT2D eigenvalue weighted by atomic mass is 10.1. The van der Waals surface area contributed by atoms with E-state index >= 15 is 0 Å². The van der Waals surface area contributed by atoms with Crippen LogP contribution in [0.1, 0.15) is 40.0 Å². The standard InChI is InChI=1S/C15H27N3O4S/c1-10(11(2)19)8-23-9-14(21)17-7-5-4-6-13(15(16)22)18-12(3)20/h10,13H,4-9H2,1-3H3,(H2,16,22)(H,17,21)(H,18,20)/t10-,13?/m1/s1. The fourth-order valence-corrected chi connectivity index (χ4v) is 2.72. The first-order valence-electron chi connectivity index (χ1n) is 7.65. The molecule has 0 rings (SSSR count). The van der Waals surface area contributed by atoms with E-state index in [2.05, 4.69) is 10.6 Å². The van der Waals surface area contributed by atoms with Crippen molar-refractivity contribution in [2.75, 3.05) is 18.1 Å². The number of Topliss-reactive ketones (excluding diaryl/α,β-unsaturated/α-hetero) is 1. The lowest BCUT2D eigenvalue weighted by Crippen LogP contribution is -2.43. The largest absolute Gasteiger partial charge is 0.368 e. The first kappa shape index (κ1) is 21.4. The van der Waals surface area contributed by atoms with Crippen LogP contribution in [0.2, 0.25) is 0 Å². The maximum absolute atomic E-state index is 11.6. The van der Waals surface area contributed by atoms with Gasteiger partial charge in [-0.05, 0) is 26.2 Å². The molecule has 0 aromatic rings. The van der Waals surface area contributed by atoms with Crippen LogP contribution in [-0.4, -0.2) is 47.6 Å². The van der Waals surface area contributed by atoms with Gasteiger partial charge in [0.2, 0.25) is 17.7 Å². The van der Waals surface area contributed by atoms with Gasteiger partial charge in [-0.2, -0.15) is 11.8 Å². The van der Waals surface area contributed by atoms with E-state index in [1.165, 1.54) is 18.7 Å². The summed E-state index contributed by atoms with van der Waals surface area (Å²) in [5, 5.41) is 5.28. The number of unbranched alkanes of at least 4 members (excludes halogenated alkanes) is 1. The Bertz CT molecular complexity index is 429. The molecule has 0 radical (unpaired) electrons. The number of nitrogens with two attached hydrogens (primary N) is 1. The zero-order valence-electron chi connectivity index (χ0n) is 14.0. The number of carbonyl (C=O) groups excluding carboxylic acids is 4. The van der Waals surface area contributed by atoms with Crippen LogP contribution in [0, 0.1) is 5.92 Å². The molecular weight excluding hydrogens is 318 g/mol. The Morgan fingerprint density at radius 1 is 1.13 bits per heavy atom. The molecule has 2 atom stereocenters. The number of carbonyl (C=O) groups is 4. The Balaban J connectivity index is 3.74. The highest BCUT2D eigenvalue weighted by molar-refractivity contribution is 7.99. The zero-order chi connectivity index (χ0) is 17.8. The summed E-state index contributed by atoms with van der Waals surface area (Å²) < 4.78 is 0. The highest BCUT2D eigenvalue weighted by Crippen LogP contribution is 2.08. The molecule has 1 unspecified atom stereocenters. The number of rotatable bonds is 12. The molecule has 0 aliphatic heterocycles.